The Hall–Kier alpha value is -3.09. The highest BCUT2D eigenvalue weighted by molar-refractivity contribution is 5.92. The molecule has 0 aliphatic carbocycles. The molecule has 1 aromatic heterocycles. The molecule has 1 amide bonds. The molecule has 1 aliphatic rings. The van der Waals surface area contributed by atoms with Crippen LogP contribution in [0.1, 0.15) is 5.56 Å². The van der Waals surface area contributed by atoms with E-state index in [1.165, 1.54) is 0 Å². The third-order valence-electron chi connectivity index (χ3n) is 4.27. The number of anilines is 1. The van der Waals surface area contributed by atoms with E-state index in [1.54, 1.807) is 50.9 Å². The summed E-state index contributed by atoms with van der Waals surface area (Å²) in [6.45, 7) is 2.72. The zero-order chi connectivity index (χ0) is 18.4. The van der Waals surface area contributed by atoms with Crippen LogP contribution < -0.4 is 14.4 Å². The molecule has 7 nitrogen and oxygen atoms in total. The van der Waals surface area contributed by atoms with Gasteiger partial charge in [-0.15, -0.1) is 0 Å². The van der Waals surface area contributed by atoms with Gasteiger partial charge in [-0.2, -0.15) is 0 Å². The predicted molar refractivity (Wildman–Crippen MR) is 99.4 cm³/mol. The molecule has 2 aromatic rings. The summed E-state index contributed by atoms with van der Waals surface area (Å²) < 4.78 is 10.5. The molecule has 1 fully saturated rings. The summed E-state index contributed by atoms with van der Waals surface area (Å²) in [5, 5.41) is 0. The summed E-state index contributed by atoms with van der Waals surface area (Å²) >= 11 is 0. The molecule has 136 valence electrons. The number of hydrogen-bond donors (Lipinski definition) is 0. The van der Waals surface area contributed by atoms with E-state index in [4.69, 9.17) is 9.47 Å². The number of benzene rings is 1. The van der Waals surface area contributed by atoms with Gasteiger partial charge in [0, 0.05) is 56.3 Å². The van der Waals surface area contributed by atoms with E-state index in [0.29, 0.717) is 30.5 Å². The number of ether oxygens (including phenoxy) is 2. The van der Waals surface area contributed by atoms with Crippen molar-refractivity contribution in [3.8, 4) is 11.5 Å². The second kappa shape index (κ2) is 8.33. The Morgan fingerprint density at radius 2 is 1.81 bits per heavy atom. The Balaban J connectivity index is 1.60. The monoisotopic (exact) mass is 354 g/mol. The highest BCUT2D eigenvalue weighted by atomic mass is 16.5. The van der Waals surface area contributed by atoms with Crippen molar-refractivity contribution >= 4 is 17.9 Å². The molecule has 0 N–H and O–H groups in total. The molecule has 2 heterocycles. The first kappa shape index (κ1) is 17.7. The smallest absolute Gasteiger partial charge is 0.246 e. The highest BCUT2D eigenvalue weighted by Crippen LogP contribution is 2.25. The Kier molecular flexibility index (Phi) is 5.68. The molecule has 26 heavy (non-hydrogen) atoms. The molecule has 0 unspecified atom stereocenters. The summed E-state index contributed by atoms with van der Waals surface area (Å²) in [5.74, 6) is 2.07. The van der Waals surface area contributed by atoms with Gasteiger partial charge >= 0.3 is 0 Å². The predicted octanol–water partition coefficient (Wildman–Crippen LogP) is 1.86. The number of nitrogens with zero attached hydrogens (tertiary/aromatic N) is 4. The van der Waals surface area contributed by atoms with Crippen LogP contribution in [0, 0.1) is 0 Å². The van der Waals surface area contributed by atoms with Crippen molar-refractivity contribution in [3.05, 3.63) is 48.3 Å². The Bertz CT molecular complexity index is 772. The van der Waals surface area contributed by atoms with Crippen molar-refractivity contribution in [2.24, 2.45) is 0 Å². The van der Waals surface area contributed by atoms with E-state index in [2.05, 4.69) is 14.9 Å². The number of rotatable bonds is 5. The zero-order valence-corrected chi connectivity index (χ0v) is 15.0. The second-order valence-electron chi connectivity index (χ2n) is 5.80. The molecule has 0 bridgehead atoms. The first-order valence-electron chi connectivity index (χ1n) is 8.42. The number of piperazine rings is 1. The Morgan fingerprint density at radius 3 is 2.46 bits per heavy atom. The topological polar surface area (TPSA) is 67.8 Å². The quantitative estimate of drug-likeness (QED) is 0.764. The number of hydrogen-bond acceptors (Lipinski definition) is 6. The van der Waals surface area contributed by atoms with E-state index in [-0.39, 0.29) is 5.91 Å². The van der Waals surface area contributed by atoms with Crippen molar-refractivity contribution in [2.75, 3.05) is 45.3 Å². The lowest BCUT2D eigenvalue weighted by atomic mass is 10.1. The first-order chi connectivity index (χ1) is 12.7. The van der Waals surface area contributed by atoms with Crippen molar-refractivity contribution in [2.45, 2.75) is 0 Å². The fourth-order valence-corrected chi connectivity index (χ4v) is 2.80. The van der Waals surface area contributed by atoms with Crippen LogP contribution in [-0.4, -0.2) is 61.2 Å². The summed E-state index contributed by atoms with van der Waals surface area (Å²) in [5.41, 5.74) is 0.831. The van der Waals surface area contributed by atoms with E-state index >= 15 is 0 Å². The van der Waals surface area contributed by atoms with Gasteiger partial charge in [-0.3, -0.25) is 4.79 Å². The maximum atomic E-state index is 12.5. The molecule has 0 atom stereocenters. The fraction of sp³-hybridized carbons (Fsp3) is 0.316. The van der Waals surface area contributed by atoms with E-state index in [1.807, 2.05) is 17.0 Å². The number of methoxy groups -OCH3 is 2. The largest absolute Gasteiger partial charge is 0.497 e. The third kappa shape index (κ3) is 4.11. The number of aromatic nitrogens is 2. The number of carbonyl (C=O) groups excluding carboxylic acids is 1. The summed E-state index contributed by atoms with van der Waals surface area (Å²) in [4.78, 5) is 24.9. The molecule has 0 radical (unpaired) electrons. The molecular formula is C19H22N4O3. The molecule has 0 spiro atoms. The standard InChI is InChI=1S/C19H22N4O3/c1-25-16-6-4-15(17(14-16)26-2)5-7-18(24)22-10-12-23(13-11-22)19-20-8-3-9-21-19/h3-9,14H,10-13H2,1-2H3. The SMILES string of the molecule is COc1ccc(C=CC(=O)N2CCN(c3ncccn3)CC2)c(OC)c1. The lowest BCUT2D eigenvalue weighted by molar-refractivity contribution is -0.126. The maximum Gasteiger partial charge on any atom is 0.246 e. The van der Waals surface area contributed by atoms with Crippen LogP contribution in [-0.2, 0) is 4.79 Å². The van der Waals surface area contributed by atoms with Gasteiger partial charge in [0.05, 0.1) is 14.2 Å². The van der Waals surface area contributed by atoms with E-state index in [0.717, 1.165) is 18.7 Å². The second-order valence-corrected chi connectivity index (χ2v) is 5.80. The van der Waals surface area contributed by atoms with Crippen LogP contribution in [0.4, 0.5) is 5.95 Å². The van der Waals surface area contributed by atoms with Crippen LogP contribution in [0.5, 0.6) is 11.5 Å². The van der Waals surface area contributed by atoms with Crippen LogP contribution in [0.3, 0.4) is 0 Å². The minimum Gasteiger partial charge on any atom is -0.497 e. The van der Waals surface area contributed by atoms with E-state index < -0.39 is 0 Å². The van der Waals surface area contributed by atoms with Gasteiger partial charge in [-0.1, -0.05) is 0 Å². The third-order valence-corrected chi connectivity index (χ3v) is 4.27. The molecule has 1 aliphatic heterocycles. The lowest BCUT2D eigenvalue weighted by Crippen LogP contribution is -2.48. The summed E-state index contributed by atoms with van der Waals surface area (Å²) in [6, 6.07) is 7.29. The number of carbonyl (C=O) groups is 1. The van der Waals surface area contributed by atoms with Gasteiger partial charge in [0.25, 0.3) is 0 Å². The summed E-state index contributed by atoms with van der Waals surface area (Å²) in [6.07, 6.45) is 6.81. The van der Waals surface area contributed by atoms with Crippen molar-refractivity contribution in [1.29, 1.82) is 0 Å². The van der Waals surface area contributed by atoms with Gasteiger partial charge in [-0.25, -0.2) is 9.97 Å². The minimum absolute atomic E-state index is 0.0171. The van der Waals surface area contributed by atoms with Gasteiger partial charge < -0.3 is 19.3 Å². The zero-order valence-electron chi connectivity index (χ0n) is 15.0. The molecule has 0 saturated carbocycles. The fourth-order valence-electron chi connectivity index (χ4n) is 2.80. The minimum atomic E-state index is -0.0171. The molecular weight excluding hydrogens is 332 g/mol. The highest BCUT2D eigenvalue weighted by Gasteiger charge is 2.21. The molecule has 1 saturated heterocycles. The number of amides is 1. The summed E-state index contributed by atoms with van der Waals surface area (Å²) in [7, 11) is 3.20. The maximum absolute atomic E-state index is 12.5. The van der Waals surface area contributed by atoms with Crippen LogP contribution in [0.2, 0.25) is 0 Å². The normalized spacial score (nSPS) is 14.5. The van der Waals surface area contributed by atoms with Crippen molar-refractivity contribution in [1.82, 2.24) is 14.9 Å². The average molecular weight is 354 g/mol. The van der Waals surface area contributed by atoms with Crippen LogP contribution in [0.25, 0.3) is 6.08 Å². The Labute approximate surface area is 152 Å². The first-order valence-corrected chi connectivity index (χ1v) is 8.42. The van der Waals surface area contributed by atoms with Gasteiger partial charge in [0.1, 0.15) is 11.5 Å². The Morgan fingerprint density at radius 1 is 1.08 bits per heavy atom. The van der Waals surface area contributed by atoms with Gasteiger partial charge in [0.15, 0.2) is 0 Å². The lowest BCUT2D eigenvalue weighted by Gasteiger charge is -2.34. The molecule has 3 rings (SSSR count). The average Bonchev–Trinajstić information content (AvgIpc) is 2.72. The van der Waals surface area contributed by atoms with Gasteiger partial charge in [-0.05, 0) is 24.3 Å². The van der Waals surface area contributed by atoms with Crippen LogP contribution >= 0.6 is 0 Å². The van der Waals surface area contributed by atoms with Gasteiger partial charge in [0.2, 0.25) is 11.9 Å². The van der Waals surface area contributed by atoms with E-state index in [9.17, 15) is 4.79 Å². The molecule has 1 aromatic carbocycles. The van der Waals surface area contributed by atoms with Crippen molar-refractivity contribution < 1.29 is 14.3 Å². The van der Waals surface area contributed by atoms with Crippen molar-refractivity contribution in [3.63, 3.8) is 0 Å². The van der Waals surface area contributed by atoms with Crippen LogP contribution in [0.15, 0.2) is 42.7 Å². The molecule has 7 heteroatoms.